The van der Waals surface area contributed by atoms with E-state index in [0.29, 0.717) is 12.0 Å². The lowest BCUT2D eigenvalue weighted by Crippen LogP contribution is -2.50. The van der Waals surface area contributed by atoms with Gasteiger partial charge in [0, 0.05) is 19.0 Å². The lowest BCUT2D eigenvalue weighted by Gasteiger charge is -2.30. The SMILES string of the molecule is CC1CCNCC1NC(=O)CCC1CCCCC1.Cl. The Bertz CT molecular complexity index is 267. The second-order valence-corrected chi connectivity index (χ2v) is 6.19. The summed E-state index contributed by atoms with van der Waals surface area (Å²) in [6, 6.07) is 0.345. The van der Waals surface area contributed by atoms with Gasteiger partial charge in [-0.2, -0.15) is 0 Å². The van der Waals surface area contributed by atoms with Crippen LogP contribution in [0.2, 0.25) is 0 Å². The average Bonchev–Trinajstić information content (AvgIpc) is 2.40. The number of hydrogen-bond acceptors (Lipinski definition) is 2. The van der Waals surface area contributed by atoms with Gasteiger partial charge in [-0.25, -0.2) is 0 Å². The van der Waals surface area contributed by atoms with Crippen molar-refractivity contribution < 1.29 is 4.79 Å². The van der Waals surface area contributed by atoms with Gasteiger partial charge in [0.2, 0.25) is 5.91 Å². The summed E-state index contributed by atoms with van der Waals surface area (Å²) in [5.74, 6) is 1.69. The number of rotatable bonds is 4. The maximum absolute atomic E-state index is 12.0. The van der Waals surface area contributed by atoms with E-state index in [0.717, 1.165) is 31.8 Å². The van der Waals surface area contributed by atoms with Crippen LogP contribution in [0.5, 0.6) is 0 Å². The van der Waals surface area contributed by atoms with Gasteiger partial charge >= 0.3 is 0 Å². The van der Waals surface area contributed by atoms with Crippen molar-refractivity contribution in [2.45, 2.75) is 64.3 Å². The molecule has 112 valence electrons. The Hall–Kier alpha value is -0.280. The topological polar surface area (TPSA) is 41.1 Å². The standard InChI is InChI=1S/C15H28N2O.ClH/c1-12-9-10-16-11-14(12)17-15(18)8-7-13-5-3-2-4-6-13;/h12-14,16H,2-11H2,1H3,(H,17,18);1H. The highest BCUT2D eigenvalue weighted by Gasteiger charge is 2.23. The van der Waals surface area contributed by atoms with E-state index in [1.807, 2.05) is 0 Å². The fourth-order valence-corrected chi connectivity index (χ4v) is 3.27. The molecule has 0 aromatic heterocycles. The van der Waals surface area contributed by atoms with Gasteiger partial charge in [0.15, 0.2) is 0 Å². The molecule has 1 amide bonds. The third-order valence-electron chi connectivity index (χ3n) is 4.68. The number of amides is 1. The summed E-state index contributed by atoms with van der Waals surface area (Å²) in [5, 5.41) is 6.57. The molecule has 2 rings (SSSR count). The zero-order valence-electron chi connectivity index (χ0n) is 12.1. The Morgan fingerprint density at radius 1 is 1.21 bits per heavy atom. The van der Waals surface area contributed by atoms with Crippen LogP contribution in [0.15, 0.2) is 0 Å². The monoisotopic (exact) mass is 288 g/mol. The van der Waals surface area contributed by atoms with Crippen molar-refractivity contribution >= 4 is 18.3 Å². The van der Waals surface area contributed by atoms with Crippen molar-refractivity contribution in [3.8, 4) is 0 Å². The number of carbonyl (C=O) groups excluding carboxylic acids is 1. The molecule has 2 fully saturated rings. The van der Waals surface area contributed by atoms with Crippen LogP contribution >= 0.6 is 12.4 Å². The first-order valence-electron chi connectivity index (χ1n) is 7.76. The van der Waals surface area contributed by atoms with E-state index >= 15 is 0 Å². The van der Waals surface area contributed by atoms with Crippen LogP contribution in [-0.4, -0.2) is 25.0 Å². The zero-order valence-corrected chi connectivity index (χ0v) is 12.9. The van der Waals surface area contributed by atoms with Crippen molar-refractivity contribution in [1.82, 2.24) is 10.6 Å². The number of piperidine rings is 1. The largest absolute Gasteiger partial charge is 0.352 e. The first kappa shape index (κ1) is 16.8. The van der Waals surface area contributed by atoms with Gasteiger partial charge in [-0.3, -0.25) is 4.79 Å². The molecule has 4 heteroatoms. The van der Waals surface area contributed by atoms with Gasteiger partial charge < -0.3 is 10.6 Å². The molecule has 0 aromatic carbocycles. The average molecular weight is 289 g/mol. The Morgan fingerprint density at radius 3 is 2.63 bits per heavy atom. The molecule has 1 aliphatic carbocycles. The molecule has 1 aliphatic heterocycles. The molecule has 2 aliphatic rings. The molecule has 1 saturated heterocycles. The summed E-state index contributed by atoms with van der Waals surface area (Å²) >= 11 is 0. The number of nitrogens with one attached hydrogen (secondary N) is 2. The van der Waals surface area contributed by atoms with Crippen molar-refractivity contribution in [3.05, 3.63) is 0 Å². The van der Waals surface area contributed by atoms with E-state index in [1.54, 1.807) is 0 Å². The molecule has 0 aromatic rings. The van der Waals surface area contributed by atoms with Gasteiger partial charge in [0.05, 0.1) is 0 Å². The normalized spacial score (nSPS) is 28.5. The summed E-state index contributed by atoms with van der Waals surface area (Å²) in [6.07, 6.45) is 9.82. The summed E-state index contributed by atoms with van der Waals surface area (Å²) < 4.78 is 0. The molecule has 0 bridgehead atoms. The van der Waals surface area contributed by atoms with Gasteiger partial charge in [-0.15, -0.1) is 12.4 Å². The van der Waals surface area contributed by atoms with Gasteiger partial charge in [-0.1, -0.05) is 39.0 Å². The molecule has 2 unspecified atom stereocenters. The van der Waals surface area contributed by atoms with Crippen LogP contribution in [-0.2, 0) is 4.79 Å². The molecule has 0 radical (unpaired) electrons. The van der Waals surface area contributed by atoms with Crippen molar-refractivity contribution in [2.75, 3.05) is 13.1 Å². The van der Waals surface area contributed by atoms with E-state index in [-0.39, 0.29) is 18.3 Å². The summed E-state index contributed by atoms with van der Waals surface area (Å²) in [7, 11) is 0. The van der Waals surface area contributed by atoms with Crippen LogP contribution < -0.4 is 10.6 Å². The molecule has 2 atom stereocenters. The summed E-state index contributed by atoms with van der Waals surface area (Å²) in [6.45, 7) is 4.28. The Balaban J connectivity index is 0.00000180. The summed E-state index contributed by atoms with van der Waals surface area (Å²) in [5.41, 5.74) is 0. The van der Waals surface area contributed by atoms with E-state index in [1.165, 1.54) is 38.5 Å². The molecule has 3 nitrogen and oxygen atoms in total. The highest BCUT2D eigenvalue weighted by Crippen LogP contribution is 2.27. The Labute approximate surface area is 123 Å². The minimum atomic E-state index is 0. The van der Waals surface area contributed by atoms with Gasteiger partial charge in [0.25, 0.3) is 0 Å². The lowest BCUT2D eigenvalue weighted by atomic mass is 9.86. The van der Waals surface area contributed by atoms with Crippen LogP contribution in [0.3, 0.4) is 0 Å². The number of carbonyl (C=O) groups is 1. The van der Waals surface area contributed by atoms with E-state index in [4.69, 9.17) is 0 Å². The second kappa shape index (κ2) is 8.80. The van der Waals surface area contributed by atoms with Crippen LogP contribution in [0.25, 0.3) is 0 Å². The van der Waals surface area contributed by atoms with Crippen LogP contribution in [0, 0.1) is 11.8 Å². The van der Waals surface area contributed by atoms with Crippen molar-refractivity contribution in [1.29, 1.82) is 0 Å². The third kappa shape index (κ3) is 5.70. The number of halogens is 1. The molecular formula is C15H29ClN2O. The van der Waals surface area contributed by atoms with Crippen molar-refractivity contribution in [3.63, 3.8) is 0 Å². The lowest BCUT2D eigenvalue weighted by molar-refractivity contribution is -0.122. The van der Waals surface area contributed by atoms with E-state index in [2.05, 4.69) is 17.6 Å². The van der Waals surface area contributed by atoms with E-state index in [9.17, 15) is 4.79 Å². The van der Waals surface area contributed by atoms with Gasteiger partial charge in [-0.05, 0) is 31.2 Å². The number of hydrogen-bond donors (Lipinski definition) is 2. The first-order chi connectivity index (χ1) is 8.75. The zero-order chi connectivity index (χ0) is 12.8. The third-order valence-corrected chi connectivity index (χ3v) is 4.68. The van der Waals surface area contributed by atoms with Gasteiger partial charge in [0.1, 0.15) is 0 Å². The minimum Gasteiger partial charge on any atom is -0.352 e. The molecular weight excluding hydrogens is 260 g/mol. The molecule has 1 heterocycles. The van der Waals surface area contributed by atoms with Crippen LogP contribution in [0.1, 0.15) is 58.3 Å². The Morgan fingerprint density at radius 2 is 1.95 bits per heavy atom. The summed E-state index contributed by atoms with van der Waals surface area (Å²) in [4.78, 5) is 12.0. The fraction of sp³-hybridized carbons (Fsp3) is 0.933. The Kier molecular flexibility index (Phi) is 7.77. The molecule has 0 spiro atoms. The molecule has 19 heavy (non-hydrogen) atoms. The highest BCUT2D eigenvalue weighted by atomic mass is 35.5. The van der Waals surface area contributed by atoms with Crippen molar-refractivity contribution in [2.24, 2.45) is 11.8 Å². The van der Waals surface area contributed by atoms with Crippen LogP contribution in [0.4, 0.5) is 0 Å². The first-order valence-corrected chi connectivity index (χ1v) is 7.76. The predicted molar refractivity (Wildman–Crippen MR) is 81.6 cm³/mol. The second-order valence-electron chi connectivity index (χ2n) is 6.19. The quantitative estimate of drug-likeness (QED) is 0.835. The highest BCUT2D eigenvalue weighted by molar-refractivity contribution is 5.85. The fourth-order valence-electron chi connectivity index (χ4n) is 3.27. The minimum absolute atomic E-state index is 0. The smallest absolute Gasteiger partial charge is 0.220 e. The molecule has 1 saturated carbocycles. The maximum atomic E-state index is 12.0. The van der Waals surface area contributed by atoms with E-state index < -0.39 is 0 Å². The maximum Gasteiger partial charge on any atom is 0.220 e. The molecule has 2 N–H and O–H groups in total. The predicted octanol–water partition coefficient (Wildman–Crippen LogP) is 2.88.